The van der Waals surface area contributed by atoms with Gasteiger partial charge in [-0.1, -0.05) is 18.2 Å². The number of carbonyl (C=O) groups excluding carboxylic acids is 1. The van der Waals surface area contributed by atoms with E-state index in [0.717, 1.165) is 11.0 Å². The van der Waals surface area contributed by atoms with Gasteiger partial charge in [-0.2, -0.15) is 0 Å². The molecule has 106 valence electrons. The van der Waals surface area contributed by atoms with Crippen LogP contribution in [0.1, 0.15) is 10.5 Å². The molecule has 0 atom stereocenters. The summed E-state index contributed by atoms with van der Waals surface area (Å²) in [7, 11) is 0. The fourth-order valence-electron chi connectivity index (χ4n) is 2.29. The fourth-order valence-corrected chi connectivity index (χ4v) is 2.29. The summed E-state index contributed by atoms with van der Waals surface area (Å²) in [6, 6.07) is 14.7. The van der Waals surface area contributed by atoms with Crippen molar-refractivity contribution in [2.45, 2.75) is 0 Å². The lowest BCUT2D eigenvalue weighted by molar-refractivity contribution is 0.102. The number of rotatable bonds is 2. The highest BCUT2D eigenvalue weighted by atomic mass is 16.1. The summed E-state index contributed by atoms with van der Waals surface area (Å²) in [4.78, 5) is 25.0. The van der Waals surface area contributed by atoms with Gasteiger partial charge in [-0.15, -0.1) is 0 Å². The van der Waals surface area contributed by atoms with Gasteiger partial charge >= 0.3 is 0 Å². The van der Waals surface area contributed by atoms with Crippen molar-refractivity contribution in [3.8, 4) is 0 Å². The monoisotopic (exact) mass is 289 g/mol. The lowest BCUT2D eigenvalue weighted by Crippen LogP contribution is -2.15. The zero-order valence-electron chi connectivity index (χ0n) is 11.5. The normalized spacial score (nSPS) is 10.9. The van der Waals surface area contributed by atoms with Crippen molar-refractivity contribution >= 4 is 28.5 Å². The van der Waals surface area contributed by atoms with E-state index < -0.39 is 0 Å². The molecular formula is C16H11N5O. The van der Waals surface area contributed by atoms with Gasteiger partial charge in [-0.3, -0.25) is 9.20 Å². The molecule has 4 aromatic rings. The highest BCUT2D eigenvalue weighted by Gasteiger charge is 2.11. The molecule has 1 aromatic carbocycles. The maximum Gasteiger partial charge on any atom is 0.275 e. The van der Waals surface area contributed by atoms with E-state index in [-0.39, 0.29) is 5.91 Å². The van der Waals surface area contributed by atoms with Crippen LogP contribution in [0.2, 0.25) is 0 Å². The van der Waals surface area contributed by atoms with Crippen LogP contribution in [-0.2, 0) is 0 Å². The van der Waals surface area contributed by atoms with Crippen LogP contribution in [0.4, 0.5) is 5.82 Å². The van der Waals surface area contributed by atoms with Gasteiger partial charge in [0, 0.05) is 12.4 Å². The van der Waals surface area contributed by atoms with E-state index in [1.807, 2.05) is 28.7 Å². The number of carbonyl (C=O) groups is 1. The Hall–Kier alpha value is -3.28. The van der Waals surface area contributed by atoms with Crippen LogP contribution in [-0.4, -0.2) is 25.3 Å². The molecule has 0 spiro atoms. The zero-order chi connectivity index (χ0) is 14.9. The summed E-state index contributed by atoms with van der Waals surface area (Å²) in [6.07, 6.45) is 3.42. The third-order valence-corrected chi connectivity index (χ3v) is 3.32. The van der Waals surface area contributed by atoms with Gasteiger partial charge in [-0.05, 0) is 30.3 Å². The van der Waals surface area contributed by atoms with E-state index in [4.69, 9.17) is 0 Å². The first-order valence-corrected chi connectivity index (χ1v) is 6.77. The lowest BCUT2D eigenvalue weighted by atomic mass is 10.3. The zero-order valence-corrected chi connectivity index (χ0v) is 11.5. The Morgan fingerprint density at radius 2 is 1.86 bits per heavy atom. The summed E-state index contributed by atoms with van der Waals surface area (Å²) >= 11 is 0. The Morgan fingerprint density at radius 3 is 2.73 bits per heavy atom. The molecule has 0 aliphatic carbocycles. The number of nitrogens with zero attached hydrogens (tertiary/aromatic N) is 4. The molecular weight excluding hydrogens is 278 g/mol. The largest absolute Gasteiger partial charge is 0.305 e. The topological polar surface area (TPSA) is 72.2 Å². The lowest BCUT2D eigenvalue weighted by Gasteiger charge is -2.03. The molecule has 3 heterocycles. The van der Waals surface area contributed by atoms with Gasteiger partial charge in [0.2, 0.25) is 5.78 Å². The van der Waals surface area contributed by atoms with Crippen molar-refractivity contribution in [1.29, 1.82) is 0 Å². The first-order valence-electron chi connectivity index (χ1n) is 6.77. The quantitative estimate of drug-likeness (QED) is 0.615. The molecule has 3 aromatic heterocycles. The fraction of sp³-hybridized carbons (Fsp3) is 0. The number of hydrogen-bond acceptors (Lipinski definition) is 4. The molecule has 0 radical (unpaired) electrons. The molecule has 4 rings (SSSR count). The van der Waals surface area contributed by atoms with E-state index in [1.165, 1.54) is 0 Å². The Balaban J connectivity index is 1.73. The van der Waals surface area contributed by atoms with E-state index >= 15 is 0 Å². The van der Waals surface area contributed by atoms with E-state index in [1.54, 1.807) is 36.7 Å². The van der Waals surface area contributed by atoms with Gasteiger partial charge in [0.1, 0.15) is 11.5 Å². The summed E-state index contributed by atoms with van der Waals surface area (Å²) < 4.78 is 1.85. The molecule has 0 aliphatic heterocycles. The third-order valence-electron chi connectivity index (χ3n) is 3.32. The average molecular weight is 289 g/mol. The Labute approximate surface area is 125 Å². The van der Waals surface area contributed by atoms with Crippen molar-refractivity contribution in [2.24, 2.45) is 0 Å². The summed E-state index contributed by atoms with van der Waals surface area (Å²) in [5.41, 5.74) is 2.10. The van der Waals surface area contributed by atoms with Crippen LogP contribution in [0.15, 0.2) is 60.9 Å². The minimum atomic E-state index is -0.312. The Bertz CT molecular complexity index is 978. The molecule has 0 saturated heterocycles. The van der Waals surface area contributed by atoms with E-state index in [9.17, 15) is 4.79 Å². The SMILES string of the molecule is O=C(Nc1ccccn1)c1ccn2c(n1)nc1ccccc12. The van der Waals surface area contributed by atoms with Crippen LogP contribution in [0, 0.1) is 0 Å². The molecule has 0 aliphatic rings. The number of benzene rings is 1. The molecule has 22 heavy (non-hydrogen) atoms. The molecule has 0 saturated carbocycles. The van der Waals surface area contributed by atoms with Crippen molar-refractivity contribution in [2.75, 3.05) is 5.32 Å². The second-order valence-electron chi connectivity index (χ2n) is 4.75. The number of nitrogens with one attached hydrogen (secondary N) is 1. The molecule has 6 nitrogen and oxygen atoms in total. The third kappa shape index (κ3) is 2.07. The maximum absolute atomic E-state index is 12.2. The number of fused-ring (bicyclic) bond motifs is 3. The molecule has 1 amide bonds. The molecule has 0 fully saturated rings. The number of para-hydroxylation sites is 2. The number of pyridine rings is 1. The second-order valence-corrected chi connectivity index (χ2v) is 4.75. The standard InChI is InChI=1S/C16H11N5O/c22-15(20-14-7-3-4-9-17-14)12-8-10-21-13-6-2-1-5-11(13)18-16(21)19-12/h1-10H,(H,17,20,22). The van der Waals surface area contributed by atoms with Crippen LogP contribution >= 0.6 is 0 Å². The minimum absolute atomic E-state index is 0.299. The predicted octanol–water partition coefficient (Wildman–Crippen LogP) is 2.53. The highest BCUT2D eigenvalue weighted by Crippen LogP contribution is 2.15. The van der Waals surface area contributed by atoms with Crippen molar-refractivity contribution < 1.29 is 4.79 Å². The van der Waals surface area contributed by atoms with Gasteiger partial charge in [0.05, 0.1) is 11.0 Å². The summed E-state index contributed by atoms with van der Waals surface area (Å²) in [5, 5.41) is 2.71. The van der Waals surface area contributed by atoms with Gasteiger partial charge < -0.3 is 5.32 Å². The number of imidazole rings is 1. The van der Waals surface area contributed by atoms with Gasteiger partial charge in [-0.25, -0.2) is 15.0 Å². The van der Waals surface area contributed by atoms with Gasteiger partial charge in [0.15, 0.2) is 0 Å². The minimum Gasteiger partial charge on any atom is -0.305 e. The first kappa shape index (κ1) is 12.5. The Kier molecular flexibility index (Phi) is 2.79. The van der Waals surface area contributed by atoms with Crippen LogP contribution < -0.4 is 5.32 Å². The van der Waals surface area contributed by atoms with Crippen LogP contribution in [0.5, 0.6) is 0 Å². The highest BCUT2D eigenvalue weighted by molar-refractivity contribution is 6.02. The average Bonchev–Trinajstić information content (AvgIpc) is 2.93. The summed E-state index contributed by atoms with van der Waals surface area (Å²) in [5.74, 6) is 0.672. The maximum atomic E-state index is 12.2. The number of hydrogen-bond donors (Lipinski definition) is 1. The summed E-state index contributed by atoms with van der Waals surface area (Å²) in [6.45, 7) is 0. The van der Waals surface area contributed by atoms with Crippen molar-refractivity contribution in [1.82, 2.24) is 19.4 Å². The Morgan fingerprint density at radius 1 is 1.00 bits per heavy atom. The number of anilines is 1. The predicted molar refractivity (Wildman–Crippen MR) is 82.7 cm³/mol. The molecule has 0 unspecified atom stereocenters. The van der Waals surface area contributed by atoms with Crippen molar-refractivity contribution in [3.05, 3.63) is 66.6 Å². The number of aromatic nitrogens is 4. The van der Waals surface area contributed by atoms with E-state index in [2.05, 4.69) is 20.3 Å². The molecule has 6 heteroatoms. The molecule has 0 bridgehead atoms. The molecule has 1 N–H and O–H groups in total. The van der Waals surface area contributed by atoms with Crippen LogP contribution in [0.25, 0.3) is 16.8 Å². The number of amides is 1. The van der Waals surface area contributed by atoms with E-state index in [0.29, 0.717) is 17.3 Å². The first-order chi connectivity index (χ1) is 10.8. The second kappa shape index (κ2) is 4.92. The van der Waals surface area contributed by atoms with Crippen LogP contribution in [0.3, 0.4) is 0 Å². The van der Waals surface area contributed by atoms with Gasteiger partial charge in [0.25, 0.3) is 5.91 Å². The smallest absolute Gasteiger partial charge is 0.275 e. The van der Waals surface area contributed by atoms with Crippen molar-refractivity contribution in [3.63, 3.8) is 0 Å².